The molecule has 1 atom stereocenters. The number of nitrogens with one attached hydrogen (secondary N) is 1. The van der Waals surface area contributed by atoms with Crippen LogP contribution in [0.1, 0.15) is 10.4 Å². The minimum Gasteiger partial charge on any atom is -0.455 e. The van der Waals surface area contributed by atoms with Gasteiger partial charge < -0.3 is 9.73 Å². The fourth-order valence-electron chi connectivity index (χ4n) is 2.58. The predicted molar refractivity (Wildman–Crippen MR) is 97.5 cm³/mol. The molecule has 0 bridgehead atoms. The predicted octanol–water partition coefficient (Wildman–Crippen LogP) is 3.33. The molecule has 7 heteroatoms. The van der Waals surface area contributed by atoms with E-state index in [0.717, 1.165) is 0 Å². The third-order valence-electron chi connectivity index (χ3n) is 3.98. The van der Waals surface area contributed by atoms with Gasteiger partial charge in [-0.2, -0.15) is 0 Å². The summed E-state index contributed by atoms with van der Waals surface area (Å²) in [5.41, 5.74) is 2.19. The van der Waals surface area contributed by atoms with E-state index in [1.54, 1.807) is 47.9 Å². The number of hydrogen-bond donors (Lipinski definition) is 1. The van der Waals surface area contributed by atoms with E-state index in [1.165, 1.54) is 19.2 Å². The third kappa shape index (κ3) is 3.15. The van der Waals surface area contributed by atoms with E-state index in [0.29, 0.717) is 33.5 Å². The van der Waals surface area contributed by atoms with Crippen molar-refractivity contribution >= 4 is 33.5 Å². The fraction of sp³-hybridized carbons (Fsp3) is 0.167. The number of nitrogens with zero attached hydrogens (tertiary/aromatic N) is 1. The van der Waals surface area contributed by atoms with E-state index in [2.05, 4.69) is 5.32 Å². The molecule has 0 fully saturated rings. The van der Waals surface area contributed by atoms with Crippen molar-refractivity contribution in [3.05, 3.63) is 53.8 Å². The average molecular weight is 360 g/mol. The Balaban J connectivity index is 2.23. The van der Waals surface area contributed by atoms with Crippen LogP contribution in [0.25, 0.3) is 22.3 Å². The summed E-state index contributed by atoms with van der Waals surface area (Å²) < 4.78 is 32.4. The minimum atomic E-state index is -1.18. The summed E-state index contributed by atoms with van der Waals surface area (Å²) in [5.74, 6) is -0.291. The van der Waals surface area contributed by atoms with Crippen LogP contribution in [0.2, 0.25) is 0 Å². The summed E-state index contributed by atoms with van der Waals surface area (Å²) in [4.78, 5) is 12.4. The molecule has 0 saturated carbocycles. The van der Waals surface area contributed by atoms with Crippen LogP contribution in [0.5, 0.6) is 0 Å². The summed E-state index contributed by atoms with van der Waals surface area (Å²) in [6, 6.07) is 11.0. The van der Waals surface area contributed by atoms with Crippen molar-refractivity contribution in [1.82, 2.24) is 5.32 Å². The van der Waals surface area contributed by atoms with Gasteiger partial charge >= 0.3 is 0 Å². The topological polar surface area (TPSA) is 62.6 Å². The van der Waals surface area contributed by atoms with E-state index in [9.17, 15) is 13.4 Å². The van der Waals surface area contributed by atoms with Crippen LogP contribution >= 0.6 is 0 Å². The second-order valence-corrected chi connectivity index (χ2v) is 6.89. The number of carbonyl (C=O) groups excluding carboxylic acids is 1. The Hall–Kier alpha value is -2.67. The van der Waals surface area contributed by atoms with Gasteiger partial charge in [0.25, 0.3) is 5.91 Å². The average Bonchev–Trinajstić information content (AvgIpc) is 2.99. The summed E-state index contributed by atoms with van der Waals surface area (Å²) in [5, 5.41) is 3.24. The number of amides is 1. The highest BCUT2D eigenvalue weighted by atomic mass is 32.2. The van der Waals surface area contributed by atoms with Gasteiger partial charge in [-0.3, -0.25) is 9.10 Å². The molecule has 1 N–H and O–H groups in total. The van der Waals surface area contributed by atoms with Gasteiger partial charge in [-0.05, 0) is 36.4 Å². The number of hydrogen-bond acceptors (Lipinski definition) is 3. The van der Waals surface area contributed by atoms with Gasteiger partial charge in [0.1, 0.15) is 28.1 Å². The van der Waals surface area contributed by atoms with Crippen molar-refractivity contribution in [3.63, 3.8) is 0 Å². The quantitative estimate of drug-likeness (QED) is 0.776. The Bertz CT molecular complexity index is 966. The van der Waals surface area contributed by atoms with Crippen LogP contribution in [-0.4, -0.2) is 30.5 Å². The Kier molecular flexibility index (Phi) is 4.59. The number of furan rings is 1. The Morgan fingerprint density at radius 2 is 1.88 bits per heavy atom. The molecule has 3 rings (SSSR count). The van der Waals surface area contributed by atoms with Crippen molar-refractivity contribution < 1.29 is 17.8 Å². The van der Waals surface area contributed by atoms with Crippen molar-refractivity contribution in [2.45, 2.75) is 0 Å². The van der Waals surface area contributed by atoms with Crippen LogP contribution in [0.15, 0.2) is 46.9 Å². The maximum atomic E-state index is 13.2. The first-order chi connectivity index (χ1) is 11.9. The number of rotatable bonds is 4. The fourth-order valence-corrected chi connectivity index (χ4v) is 3.00. The molecule has 0 aliphatic heterocycles. The molecule has 1 amide bonds. The highest BCUT2D eigenvalue weighted by Gasteiger charge is 2.22. The Morgan fingerprint density at radius 1 is 1.20 bits per heavy atom. The van der Waals surface area contributed by atoms with E-state index >= 15 is 0 Å². The first kappa shape index (κ1) is 17.2. The number of halogens is 1. The number of fused-ring (bicyclic) bond motifs is 1. The smallest absolute Gasteiger partial charge is 0.255 e. The molecule has 1 unspecified atom stereocenters. The molecule has 130 valence electrons. The maximum absolute atomic E-state index is 13.2. The molecule has 1 aromatic heterocycles. The number of anilines is 1. The highest BCUT2D eigenvalue weighted by Crippen LogP contribution is 2.35. The van der Waals surface area contributed by atoms with Gasteiger partial charge in [0.15, 0.2) is 0 Å². The summed E-state index contributed by atoms with van der Waals surface area (Å²) >= 11 is 0. The van der Waals surface area contributed by atoms with Gasteiger partial charge in [0.05, 0.1) is 11.3 Å². The largest absolute Gasteiger partial charge is 0.455 e. The van der Waals surface area contributed by atoms with Crippen LogP contribution in [0.4, 0.5) is 10.1 Å². The summed E-state index contributed by atoms with van der Waals surface area (Å²) in [6.45, 7) is 0. The van der Waals surface area contributed by atoms with Gasteiger partial charge in [-0.25, -0.2) is 8.60 Å². The summed E-state index contributed by atoms with van der Waals surface area (Å²) in [7, 11) is 2.07. The molecule has 0 spiro atoms. The minimum absolute atomic E-state index is 0.293. The van der Waals surface area contributed by atoms with Gasteiger partial charge in [0.2, 0.25) is 0 Å². The van der Waals surface area contributed by atoms with Crippen LogP contribution in [0.3, 0.4) is 0 Å². The van der Waals surface area contributed by atoms with Crippen molar-refractivity contribution in [1.29, 1.82) is 0 Å². The van der Waals surface area contributed by atoms with E-state index < -0.39 is 11.0 Å². The first-order valence-corrected chi connectivity index (χ1v) is 9.05. The van der Waals surface area contributed by atoms with Crippen molar-refractivity contribution in [2.24, 2.45) is 0 Å². The lowest BCUT2D eigenvalue weighted by molar-refractivity contribution is 0.0964. The monoisotopic (exact) mass is 360 g/mol. The van der Waals surface area contributed by atoms with Gasteiger partial charge in [-0.15, -0.1) is 0 Å². The lowest BCUT2D eigenvalue weighted by atomic mass is 10.0. The second-order valence-electron chi connectivity index (χ2n) is 5.49. The zero-order chi connectivity index (χ0) is 18.1. The normalized spacial score (nSPS) is 12.2. The first-order valence-electron chi connectivity index (χ1n) is 7.54. The molecule has 1 heterocycles. The highest BCUT2D eigenvalue weighted by molar-refractivity contribution is 7.85. The lowest BCUT2D eigenvalue weighted by Gasteiger charge is -2.14. The lowest BCUT2D eigenvalue weighted by Crippen LogP contribution is -2.19. The maximum Gasteiger partial charge on any atom is 0.255 e. The van der Waals surface area contributed by atoms with E-state index in [-0.39, 0.29) is 11.7 Å². The molecule has 3 aromatic rings. The number of benzene rings is 2. The van der Waals surface area contributed by atoms with Crippen LogP contribution < -0.4 is 9.62 Å². The number of carbonyl (C=O) groups is 1. The van der Waals surface area contributed by atoms with Crippen molar-refractivity contribution in [3.8, 4) is 11.3 Å². The molecular weight excluding hydrogens is 343 g/mol. The molecular formula is C18H17FN2O3S. The molecule has 5 nitrogen and oxygen atoms in total. The SMILES string of the molecule is CNC(=O)c1c(-c2ccc(F)cc2)oc2cc(N(C)S(C)=O)ccc12. The summed E-state index contributed by atoms with van der Waals surface area (Å²) in [6.07, 6.45) is 1.58. The van der Waals surface area contributed by atoms with Gasteiger partial charge in [0, 0.05) is 37.4 Å². The van der Waals surface area contributed by atoms with Crippen LogP contribution in [-0.2, 0) is 11.0 Å². The molecule has 25 heavy (non-hydrogen) atoms. The van der Waals surface area contributed by atoms with E-state index in [4.69, 9.17) is 4.42 Å². The molecule has 0 radical (unpaired) electrons. The molecule has 0 aliphatic carbocycles. The Labute approximate surface area is 147 Å². The third-order valence-corrected chi connectivity index (χ3v) is 4.97. The molecule has 0 saturated heterocycles. The molecule has 0 aliphatic rings. The van der Waals surface area contributed by atoms with Crippen molar-refractivity contribution in [2.75, 3.05) is 24.7 Å². The second kappa shape index (κ2) is 6.68. The van der Waals surface area contributed by atoms with Gasteiger partial charge in [-0.1, -0.05) is 0 Å². The van der Waals surface area contributed by atoms with E-state index in [1.807, 2.05) is 0 Å². The standard InChI is InChI=1S/C18H17FN2O3S/c1-20-18(22)16-14-9-8-13(21(2)25(3)23)10-15(14)24-17(16)11-4-6-12(19)7-5-11/h4-10H,1-3H3,(H,20,22). The zero-order valence-corrected chi connectivity index (χ0v) is 14.8. The van der Waals surface area contributed by atoms with Crippen LogP contribution in [0, 0.1) is 5.82 Å². The Morgan fingerprint density at radius 3 is 2.48 bits per heavy atom. The zero-order valence-electron chi connectivity index (χ0n) is 14.0. The molecule has 2 aromatic carbocycles.